The highest BCUT2D eigenvalue weighted by Crippen LogP contribution is 2.40. The van der Waals surface area contributed by atoms with Crippen molar-refractivity contribution >= 4 is 5.95 Å². The SMILES string of the molecule is CN(C)CCN1C=CC(Nc2ncc3c(n2)-c2c(nn(C)c2-c2ccc(OC(F)F)cc2)CC3)N1. The minimum Gasteiger partial charge on any atom is -0.435 e. The van der Waals surface area contributed by atoms with E-state index in [0.29, 0.717) is 5.95 Å². The van der Waals surface area contributed by atoms with Gasteiger partial charge in [-0.05, 0) is 62.8 Å². The zero-order valence-corrected chi connectivity index (χ0v) is 19.9. The van der Waals surface area contributed by atoms with E-state index in [4.69, 9.17) is 10.1 Å². The summed E-state index contributed by atoms with van der Waals surface area (Å²) >= 11 is 0. The van der Waals surface area contributed by atoms with E-state index in [0.717, 1.165) is 59.7 Å². The van der Waals surface area contributed by atoms with Gasteiger partial charge in [-0.3, -0.25) is 4.68 Å². The van der Waals surface area contributed by atoms with Gasteiger partial charge >= 0.3 is 6.61 Å². The van der Waals surface area contributed by atoms with Gasteiger partial charge in [-0.15, -0.1) is 0 Å². The molecule has 0 fully saturated rings. The van der Waals surface area contributed by atoms with Crippen molar-refractivity contribution in [1.82, 2.24) is 35.1 Å². The molecule has 2 aromatic heterocycles. The second-order valence-corrected chi connectivity index (χ2v) is 8.85. The molecule has 2 aliphatic rings. The molecule has 1 unspecified atom stereocenters. The third kappa shape index (κ3) is 4.96. The molecule has 1 aliphatic heterocycles. The Morgan fingerprint density at radius 1 is 1.23 bits per heavy atom. The summed E-state index contributed by atoms with van der Waals surface area (Å²) in [5.41, 5.74) is 8.90. The number of ether oxygens (including phenoxy) is 1. The van der Waals surface area contributed by atoms with Crippen LogP contribution in [0.2, 0.25) is 0 Å². The van der Waals surface area contributed by atoms with Crippen LogP contribution in [0.1, 0.15) is 11.3 Å². The van der Waals surface area contributed by atoms with Gasteiger partial charge < -0.3 is 20.0 Å². The number of halogens is 2. The standard InChI is InChI=1S/C24H28F2N8O/c1-32(2)12-13-34-11-10-19(31-34)28-24-27-14-16-6-9-18-20(21(16)29-24)22(33(3)30-18)15-4-7-17(8-5-15)35-23(25)26/h4-5,7-8,10-11,14,19,23,31H,6,9,12-13H2,1-3H3,(H,27,28,29). The largest absolute Gasteiger partial charge is 0.435 e. The summed E-state index contributed by atoms with van der Waals surface area (Å²) in [5, 5.41) is 10.1. The number of benzene rings is 1. The topological polar surface area (TPSA) is 83.4 Å². The molecule has 0 amide bonds. The molecular formula is C24H28F2N8O. The molecule has 0 saturated heterocycles. The zero-order valence-electron chi connectivity index (χ0n) is 19.9. The molecule has 11 heteroatoms. The summed E-state index contributed by atoms with van der Waals surface area (Å²) in [7, 11) is 5.97. The molecule has 0 saturated carbocycles. The average Bonchev–Trinajstić information content (AvgIpc) is 3.41. The van der Waals surface area contributed by atoms with E-state index in [1.54, 1.807) is 12.1 Å². The second-order valence-electron chi connectivity index (χ2n) is 8.85. The molecule has 1 atom stereocenters. The van der Waals surface area contributed by atoms with Gasteiger partial charge in [0.15, 0.2) is 0 Å². The third-order valence-corrected chi connectivity index (χ3v) is 6.04. The first-order valence-corrected chi connectivity index (χ1v) is 11.5. The molecule has 2 N–H and O–H groups in total. The Morgan fingerprint density at radius 2 is 2.03 bits per heavy atom. The Hall–Kier alpha value is -3.57. The van der Waals surface area contributed by atoms with Crippen molar-refractivity contribution in [2.24, 2.45) is 7.05 Å². The highest BCUT2D eigenvalue weighted by atomic mass is 19.3. The predicted molar refractivity (Wildman–Crippen MR) is 129 cm³/mol. The number of aryl methyl sites for hydroxylation is 3. The van der Waals surface area contributed by atoms with Gasteiger partial charge in [0.1, 0.15) is 11.9 Å². The third-order valence-electron chi connectivity index (χ3n) is 6.04. The number of nitrogens with zero attached hydrogens (tertiary/aromatic N) is 6. The number of nitrogens with one attached hydrogen (secondary N) is 2. The van der Waals surface area contributed by atoms with Crippen molar-refractivity contribution in [2.45, 2.75) is 25.6 Å². The fourth-order valence-electron chi connectivity index (χ4n) is 4.38. The molecule has 9 nitrogen and oxygen atoms in total. The molecule has 1 aromatic carbocycles. The van der Waals surface area contributed by atoms with Gasteiger partial charge in [0.05, 0.1) is 17.1 Å². The molecule has 0 spiro atoms. The van der Waals surface area contributed by atoms with E-state index < -0.39 is 6.61 Å². The smallest absolute Gasteiger partial charge is 0.387 e. The molecule has 3 aromatic rings. The summed E-state index contributed by atoms with van der Waals surface area (Å²) in [6.45, 7) is -1.07. The summed E-state index contributed by atoms with van der Waals surface area (Å²) in [5.74, 6) is 0.634. The van der Waals surface area contributed by atoms with Gasteiger partial charge in [-0.1, -0.05) is 0 Å². The molecule has 1 aliphatic carbocycles. The maximum Gasteiger partial charge on any atom is 0.387 e. The number of anilines is 1. The molecule has 0 bridgehead atoms. The normalized spacial score (nSPS) is 16.7. The first-order valence-electron chi connectivity index (χ1n) is 11.5. The summed E-state index contributed by atoms with van der Waals surface area (Å²) in [6, 6.07) is 6.61. The van der Waals surface area contributed by atoms with E-state index in [-0.39, 0.29) is 11.9 Å². The minimum absolute atomic E-state index is 0.116. The van der Waals surface area contributed by atoms with E-state index in [1.807, 2.05) is 49.3 Å². The quantitative estimate of drug-likeness (QED) is 0.507. The van der Waals surface area contributed by atoms with Gasteiger partial charge in [0.2, 0.25) is 5.95 Å². The number of aromatic nitrogens is 4. The van der Waals surface area contributed by atoms with Crippen LogP contribution in [0.25, 0.3) is 22.5 Å². The van der Waals surface area contributed by atoms with Crippen molar-refractivity contribution < 1.29 is 13.5 Å². The maximum absolute atomic E-state index is 12.6. The van der Waals surface area contributed by atoms with Crippen LogP contribution >= 0.6 is 0 Å². The minimum atomic E-state index is -2.86. The Labute approximate surface area is 202 Å². The number of alkyl halides is 2. The first kappa shape index (κ1) is 23.2. The Kier molecular flexibility index (Phi) is 6.35. The lowest BCUT2D eigenvalue weighted by atomic mass is 9.91. The number of likely N-dealkylation sites (N-methyl/N-ethyl adjacent to an activating group) is 1. The number of rotatable bonds is 8. The molecule has 3 heterocycles. The number of hydrogen-bond donors (Lipinski definition) is 2. The Balaban J connectivity index is 1.40. The summed E-state index contributed by atoms with van der Waals surface area (Å²) < 4.78 is 31.4. The van der Waals surface area contributed by atoms with E-state index >= 15 is 0 Å². The fraction of sp³-hybridized carbons (Fsp3) is 0.375. The van der Waals surface area contributed by atoms with Crippen molar-refractivity contribution in [2.75, 3.05) is 32.5 Å². The van der Waals surface area contributed by atoms with Crippen LogP contribution in [0.4, 0.5) is 14.7 Å². The number of hydrazine groups is 1. The van der Waals surface area contributed by atoms with Crippen molar-refractivity contribution in [3.8, 4) is 28.3 Å². The van der Waals surface area contributed by atoms with Crippen molar-refractivity contribution in [1.29, 1.82) is 0 Å². The monoisotopic (exact) mass is 482 g/mol. The van der Waals surface area contributed by atoms with Crippen LogP contribution in [0.3, 0.4) is 0 Å². The van der Waals surface area contributed by atoms with Crippen molar-refractivity contribution in [3.05, 3.63) is 54.0 Å². The fourth-order valence-corrected chi connectivity index (χ4v) is 4.38. The Morgan fingerprint density at radius 3 is 2.77 bits per heavy atom. The van der Waals surface area contributed by atoms with Crippen LogP contribution in [0, 0.1) is 0 Å². The lowest BCUT2D eigenvalue weighted by molar-refractivity contribution is -0.0498. The van der Waals surface area contributed by atoms with Crippen LogP contribution in [-0.2, 0) is 19.9 Å². The van der Waals surface area contributed by atoms with Crippen molar-refractivity contribution in [3.63, 3.8) is 0 Å². The molecule has 35 heavy (non-hydrogen) atoms. The Bertz CT molecular complexity index is 1230. The number of fused-ring (bicyclic) bond motifs is 3. The van der Waals surface area contributed by atoms with Crippen LogP contribution < -0.4 is 15.5 Å². The predicted octanol–water partition coefficient (Wildman–Crippen LogP) is 2.88. The average molecular weight is 483 g/mol. The van der Waals surface area contributed by atoms with E-state index in [1.165, 1.54) is 12.1 Å². The van der Waals surface area contributed by atoms with Crippen LogP contribution in [0.5, 0.6) is 5.75 Å². The van der Waals surface area contributed by atoms with Crippen LogP contribution in [0.15, 0.2) is 42.7 Å². The molecule has 184 valence electrons. The lowest BCUT2D eigenvalue weighted by Crippen LogP contribution is -2.42. The van der Waals surface area contributed by atoms with Gasteiger partial charge in [0, 0.05) is 43.7 Å². The highest BCUT2D eigenvalue weighted by Gasteiger charge is 2.27. The zero-order chi connectivity index (χ0) is 24.5. The molecule has 5 rings (SSSR count). The van der Waals surface area contributed by atoms with Gasteiger partial charge in [0.25, 0.3) is 0 Å². The van der Waals surface area contributed by atoms with Gasteiger partial charge in [-0.25, -0.2) is 15.4 Å². The van der Waals surface area contributed by atoms with E-state index in [2.05, 4.69) is 25.4 Å². The maximum atomic E-state index is 12.6. The molecule has 0 radical (unpaired) electrons. The van der Waals surface area contributed by atoms with Crippen LogP contribution in [-0.4, -0.2) is 69.6 Å². The highest BCUT2D eigenvalue weighted by molar-refractivity contribution is 5.84. The summed E-state index contributed by atoms with van der Waals surface area (Å²) in [4.78, 5) is 11.5. The van der Waals surface area contributed by atoms with Gasteiger partial charge in [-0.2, -0.15) is 13.9 Å². The summed E-state index contributed by atoms with van der Waals surface area (Å²) in [6.07, 6.45) is 7.38. The second kappa shape index (κ2) is 9.59. The lowest BCUT2D eigenvalue weighted by Gasteiger charge is -2.22. The molecular weight excluding hydrogens is 454 g/mol. The first-order chi connectivity index (χ1) is 16.9. The number of hydrogen-bond acceptors (Lipinski definition) is 8. The van der Waals surface area contributed by atoms with E-state index in [9.17, 15) is 8.78 Å².